The number of anilines is 1. The maximum atomic E-state index is 4.99. The Bertz CT molecular complexity index is 269. The molecule has 0 aliphatic heterocycles. The Kier molecular flexibility index (Phi) is 3.95. The number of nitrogens with zero attached hydrogens (tertiary/aromatic N) is 3. The average molecular weight is 246 g/mol. The van der Waals surface area contributed by atoms with E-state index in [0.717, 1.165) is 11.9 Å². The molecule has 1 aromatic heterocycles. The molecule has 1 heterocycles. The van der Waals surface area contributed by atoms with E-state index in [4.69, 9.17) is 4.74 Å². The van der Waals surface area contributed by atoms with Crippen molar-refractivity contribution in [2.24, 2.45) is 0 Å². The second kappa shape index (κ2) is 5.01. The van der Waals surface area contributed by atoms with Crippen molar-refractivity contribution in [1.82, 2.24) is 9.97 Å². The number of alkyl halides is 1. The summed E-state index contributed by atoms with van der Waals surface area (Å²) in [6.45, 7) is 0.868. The Morgan fingerprint density at radius 3 is 3.00 bits per heavy atom. The molecule has 0 saturated carbocycles. The van der Waals surface area contributed by atoms with Gasteiger partial charge in [0.15, 0.2) is 0 Å². The molecule has 1 rings (SSSR count). The van der Waals surface area contributed by atoms with Gasteiger partial charge in [0, 0.05) is 31.2 Å². The van der Waals surface area contributed by atoms with Crippen LogP contribution in [-0.4, -0.2) is 36.0 Å². The zero-order valence-electron chi connectivity index (χ0n) is 7.70. The van der Waals surface area contributed by atoms with Crippen LogP contribution in [-0.2, 0) is 0 Å². The fraction of sp³-hybridized carbons (Fsp3) is 0.500. The second-order valence-corrected chi connectivity index (χ2v) is 3.30. The summed E-state index contributed by atoms with van der Waals surface area (Å²) in [6.07, 6.45) is 1.69. The first-order chi connectivity index (χ1) is 6.27. The van der Waals surface area contributed by atoms with Crippen LogP contribution in [0, 0.1) is 0 Å². The van der Waals surface area contributed by atoms with Gasteiger partial charge in [-0.1, -0.05) is 15.9 Å². The molecule has 0 aliphatic carbocycles. The molecule has 13 heavy (non-hydrogen) atoms. The third-order valence-electron chi connectivity index (χ3n) is 1.59. The van der Waals surface area contributed by atoms with E-state index >= 15 is 0 Å². The SMILES string of the molecule is COc1ccnc(N(C)CCBr)n1. The van der Waals surface area contributed by atoms with Gasteiger partial charge >= 0.3 is 0 Å². The lowest BCUT2D eigenvalue weighted by Crippen LogP contribution is -2.21. The summed E-state index contributed by atoms with van der Waals surface area (Å²) in [7, 11) is 3.53. The highest BCUT2D eigenvalue weighted by atomic mass is 79.9. The molecule has 0 unspecified atom stereocenters. The molecular formula is C8H12BrN3O. The number of methoxy groups -OCH3 is 1. The number of hydrogen-bond acceptors (Lipinski definition) is 4. The van der Waals surface area contributed by atoms with Crippen LogP contribution in [0.3, 0.4) is 0 Å². The molecule has 0 atom stereocenters. The number of aromatic nitrogens is 2. The maximum absolute atomic E-state index is 4.99. The summed E-state index contributed by atoms with van der Waals surface area (Å²) in [4.78, 5) is 10.3. The Morgan fingerprint density at radius 1 is 1.62 bits per heavy atom. The molecule has 0 bridgehead atoms. The first-order valence-corrected chi connectivity index (χ1v) is 5.04. The van der Waals surface area contributed by atoms with E-state index in [0.29, 0.717) is 11.8 Å². The molecule has 5 heteroatoms. The number of rotatable bonds is 4. The molecule has 0 saturated heterocycles. The molecule has 0 amide bonds. The molecule has 0 spiro atoms. The number of ether oxygens (including phenoxy) is 1. The van der Waals surface area contributed by atoms with Gasteiger partial charge < -0.3 is 9.64 Å². The summed E-state index contributed by atoms with van der Waals surface area (Å²) >= 11 is 3.35. The summed E-state index contributed by atoms with van der Waals surface area (Å²) in [5.41, 5.74) is 0. The highest BCUT2D eigenvalue weighted by molar-refractivity contribution is 9.09. The quantitative estimate of drug-likeness (QED) is 0.751. The topological polar surface area (TPSA) is 38.2 Å². The summed E-state index contributed by atoms with van der Waals surface area (Å²) in [6, 6.07) is 1.73. The van der Waals surface area contributed by atoms with Gasteiger partial charge in [0.05, 0.1) is 7.11 Å². The zero-order valence-corrected chi connectivity index (χ0v) is 9.28. The predicted molar refractivity (Wildman–Crippen MR) is 55.6 cm³/mol. The summed E-state index contributed by atoms with van der Waals surface area (Å²) in [5, 5.41) is 0.893. The largest absolute Gasteiger partial charge is 0.481 e. The van der Waals surface area contributed by atoms with Gasteiger partial charge in [-0.15, -0.1) is 0 Å². The van der Waals surface area contributed by atoms with E-state index < -0.39 is 0 Å². The average Bonchev–Trinajstić information content (AvgIpc) is 2.18. The minimum Gasteiger partial charge on any atom is -0.481 e. The van der Waals surface area contributed by atoms with Crippen LogP contribution >= 0.6 is 15.9 Å². The van der Waals surface area contributed by atoms with Crippen LogP contribution in [0.4, 0.5) is 5.95 Å². The number of hydrogen-bond donors (Lipinski definition) is 0. The standard InChI is InChI=1S/C8H12BrN3O/c1-12(6-4-9)8-10-5-3-7(11-8)13-2/h3,5H,4,6H2,1-2H3. The Labute approximate surface area is 86.1 Å². The van der Waals surface area contributed by atoms with Crippen molar-refractivity contribution in [2.75, 3.05) is 30.9 Å². The molecule has 4 nitrogen and oxygen atoms in total. The van der Waals surface area contributed by atoms with E-state index in [1.165, 1.54) is 0 Å². The van der Waals surface area contributed by atoms with Gasteiger partial charge in [-0.3, -0.25) is 0 Å². The molecular weight excluding hydrogens is 234 g/mol. The van der Waals surface area contributed by atoms with Gasteiger partial charge in [0.2, 0.25) is 11.8 Å². The van der Waals surface area contributed by atoms with E-state index in [9.17, 15) is 0 Å². The van der Waals surface area contributed by atoms with Crippen LogP contribution in [0.25, 0.3) is 0 Å². The fourth-order valence-corrected chi connectivity index (χ4v) is 1.39. The van der Waals surface area contributed by atoms with Crippen LogP contribution in [0.1, 0.15) is 0 Å². The second-order valence-electron chi connectivity index (χ2n) is 2.51. The monoisotopic (exact) mass is 245 g/mol. The van der Waals surface area contributed by atoms with E-state index in [-0.39, 0.29) is 0 Å². The lowest BCUT2D eigenvalue weighted by Gasteiger charge is -2.15. The van der Waals surface area contributed by atoms with E-state index in [1.54, 1.807) is 19.4 Å². The van der Waals surface area contributed by atoms with Gasteiger partial charge in [-0.2, -0.15) is 4.98 Å². The van der Waals surface area contributed by atoms with E-state index in [1.807, 2.05) is 11.9 Å². The third-order valence-corrected chi connectivity index (χ3v) is 1.94. The molecule has 0 aliphatic rings. The lowest BCUT2D eigenvalue weighted by atomic mass is 10.6. The lowest BCUT2D eigenvalue weighted by molar-refractivity contribution is 0.397. The van der Waals surface area contributed by atoms with Gasteiger partial charge in [0.1, 0.15) is 0 Å². The minimum atomic E-state index is 0.589. The van der Waals surface area contributed by atoms with Crippen LogP contribution < -0.4 is 9.64 Å². The van der Waals surface area contributed by atoms with Gasteiger partial charge in [0.25, 0.3) is 0 Å². The summed E-state index contributed by atoms with van der Waals surface area (Å²) < 4.78 is 4.99. The molecule has 1 aromatic rings. The Hall–Kier alpha value is -0.840. The zero-order chi connectivity index (χ0) is 9.68. The first-order valence-electron chi connectivity index (χ1n) is 3.92. The van der Waals surface area contributed by atoms with Crippen molar-refractivity contribution < 1.29 is 4.74 Å². The third kappa shape index (κ3) is 2.84. The van der Waals surface area contributed by atoms with Crippen molar-refractivity contribution in [3.63, 3.8) is 0 Å². The Balaban J connectivity index is 2.75. The molecule has 0 N–H and O–H groups in total. The predicted octanol–water partition coefficient (Wildman–Crippen LogP) is 1.32. The number of halogens is 1. The summed E-state index contributed by atoms with van der Waals surface area (Å²) in [5.74, 6) is 1.27. The van der Waals surface area contributed by atoms with Crippen molar-refractivity contribution in [3.05, 3.63) is 12.3 Å². The van der Waals surface area contributed by atoms with Gasteiger partial charge in [-0.25, -0.2) is 4.98 Å². The maximum Gasteiger partial charge on any atom is 0.228 e. The van der Waals surface area contributed by atoms with E-state index in [2.05, 4.69) is 25.9 Å². The fourth-order valence-electron chi connectivity index (χ4n) is 0.857. The highest BCUT2D eigenvalue weighted by Gasteiger charge is 2.03. The minimum absolute atomic E-state index is 0.589. The van der Waals surface area contributed by atoms with Crippen LogP contribution in [0.15, 0.2) is 12.3 Å². The molecule has 72 valence electrons. The van der Waals surface area contributed by atoms with Crippen molar-refractivity contribution >= 4 is 21.9 Å². The molecule has 0 aromatic carbocycles. The normalized spacial score (nSPS) is 9.77. The highest BCUT2D eigenvalue weighted by Crippen LogP contribution is 2.10. The first kappa shape index (κ1) is 10.2. The van der Waals surface area contributed by atoms with Crippen LogP contribution in [0.5, 0.6) is 5.88 Å². The van der Waals surface area contributed by atoms with Gasteiger partial charge in [-0.05, 0) is 0 Å². The Morgan fingerprint density at radius 2 is 2.38 bits per heavy atom. The molecule has 0 radical (unpaired) electrons. The smallest absolute Gasteiger partial charge is 0.228 e. The van der Waals surface area contributed by atoms with Crippen molar-refractivity contribution in [3.8, 4) is 5.88 Å². The van der Waals surface area contributed by atoms with Crippen LogP contribution in [0.2, 0.25) is 0 Å². The van der Waals surface area contributed by atoms with Crippen molar-refractivity contribution in [1.29, 1.82) is 0 Å². The molecule has 0 fully saturated rings. The van der Waals surface area contributed by atoms with Crippen molar-refractivity contribution in [2.45, 2.75) is 0 Å².